The molecule has 2 nitrogen and oxygen atoms in total. The second kappa shape index (κ2) is 6.28. The summed E-state index contributed by atoms with van der Waals surface area (Å²) in [6, 6.07) is 16.6. The van der Waals surface area contributed by atoms with Crippen molar-refractivity contribution in [2.24, 2.45) is 0 Å². The number of ether oxygens (including phenoxy) is 1. The van der Waals surface area contributed by atoms with Crippen LogP contribution in [0.3, 0.4) is 0 Å². The molecule has 2 aromatic rings. The minimum Gasteiger partial charge on any atom is -0.489 e. The number of hydrogen-bond donors (Lipinski definition) is 1. The predicted molar refractivity (Wildman–Crippen MR) is 80.7 cm³/mol. The lowest BCUT2D eigenvalue weighted by atomic mass is 10.1. The molecule has 0 amide bonds. The number of aryl methyl sites for hydroxylation is 1. The van der Waals surface area contributed by atoms with E-state index >= 15 is 0 Å². The summed E-state index contributed by atoms with van der Waals surface area (Å²) in [5.41, 5.74) is 3.60. The van der Waals surface area contributed by atoms with Crippen LogP contribution in [0, 0.1) is 6.92 Å². The smallest absolute Gasteiger partial charge is 0.142 e. The predicted octanol–water partition coefficient (Wildman–Crippen LogP) is 4.39. The van der Waals surface area contributed by atoms with Crippen molar-refractivity contribution in [3.8, 4) is 5.75 Å². The Bertz CT molecular complexity index is 534. The zero-order valence-electron chi connectivity index (χ0n) is 11.8. The highest BCUT2D eigenvalue weighted by atomic mass is 16.5. The summed E-state index contributed by atoms with van der Waals surface area (Å²) in [5, 5.41) is 3.44. The van der Waals surface area contributed by atoms with Gasteiger partial charge in [0.2, 0.25) is 0 Å². The fraction of sp³-hybridized carbons (Fsp3) is 0.294. The normalized spacial score (nSPS) is 10.5. The number of nitrogens with one attached hydrogen (secondary N) is 1. The summed E-state index contributed by atoms with van der Waals surface area (Å²) in [7, 11) is 0. The lowest BCUT2D eigenvalue weighted by Gasteiger charge is -2.15. The Balaban J connectivity index is 2.07. The van der Waals surface area contributed by atoms with E-state index in [0.29, 0.717) is 0 Å². The van der Waals surface area contributed by atoms with Crippen molar-refractivity contribution in [3.05, 3.63) is 59.7 Å². The van der Waals surface area contributed by atoms with Gasteiger partial charge in [0.15, 0.2) is 0 Å². The number of para-hydroxylation sites is 2. The average molecular weight is 255 g/mol. The van der Waals surface area contributed by atoms with Crippen molar-refractivity contribution in [2.45, 2.75) is 33.4 Å². The van der Waals surface area contributed by atoms with Crippen LogP contribution in [0.2, 0.25) is 0 Å². The molecule has 0 aliphatic carbocycles. The Morgan fingerprint density at radius 2 is 1.84 bits per heavy atom. The van der Waals surface area contributed by atoms with Gasteiger partial charge in [-0.15, -0.1) is 0 Å². The molecule has 0 fully saturated rings. The summed E-state index contributed by atoms with van der Waals surface area (Å²) in [6.45, 7) is 6.99. The Morgan fingerprint density at radius 1 is 1.05 bits per heavy atom. The molecule has 100 valence electrons. The van der Waals surface area contributed by atoms with Crippen molar-refractivity contribution in [2.75, 3.05) is 5.32 Å². The molecule has 0 aliphatic heterocycles. The van der Waals surface area contributed by atoms with Crippen molar-refractivity contribution in [1.82, 2.24) is 0 Å². The maximum atomic E-state index is 5.79. The van der Waals surface area contributed by atoms with E-state index in [1.54, 1.807) is 0 Å². The maximum absolute atomic E-state index is 5.79. The molecular weight excluding hydrogens is 234 g/mol. The van der Waals surface area contributed by atoms with Crippen LogP contribution in [-0.4, -0.2) is 6.10 Å². The standard InChI is InChI=1S/C17H21NO/c1-13(2)19-17-10-5-4-9-16(17)18-12-15-8-6-7-14(3)11-15/h4-11,13,18H,12H2,1-3H3. The topological polar surface area (TPSA) is 21.3 Å². The van der Waals surface area contributed by atoms with Gasteiger partial charge < -0.3 is 10.1 Å². The highest BCUT2D eigenvalue weighted by Gasteiger charge is 2.04. The average Bonchev–Trinajstić information content (AvgIpc) is 2.37. The van der Waals surface area contributed by atoms with Crippen LogP contribution in [0.5, 0.6) is 5.75 Å². The van der Waals surface area contributed by atoms with E-state index in [-0.39, 0.29) is 6.10 Å². The Labute approximate surface area is 115 Å². The molecule has 0 atom stereocenters. The van der Waals surface area contributed by atoms with Gasteiger partial charge in [-0.2, -0.15) is 0 Å². The fourth-order valence-electron chi connectivity index (χ4n) is 1.99. The molecule has 0 radical (unpaired) electrons. The number of hydrogen-bond acceptors (Lipinski definition) is 2. The van der Waals surface area contributed by atoms with E-state index < -0.39 is 0 Å². The second-order valence-electron chi connectivity index (χ2n) is 5.01. The van der Waals surface area contributed by atoms with Crippen LogP contribution >= 0.6 is 0 Å². The van der Waals surface area contributed by atoms with Crippen LogP contribution in [0.4, 0.5) is 5.69 Å². The van der Waals surface area contributed by atoms with E-state index in [4.69, 9.17) is 4.74 Å². The molecule has 0 heterocycles. The van der Waals surface area contributed by atoms with Crippen LogP contribution in [0.15, 0.2) is 48.5 Å². The van der Waals surface area contributed by atoms with Gasteiger partial charge in [0.1, 0.15) is 5.75 Å². The third-order valence-corrected chi connectivity index (χ3v) is 2.82. The Hall–Kier alpha value is -1.96. The third-order valence-electron chi connectivity index (χ3n) is 2.82. The quantitative estimate of drug-likeness (QED) is 0.855. The van der Waals surface area contributed by atoms with Crippen LogP contribution in [0.25, 0.3) is 0 Å². The highest BCUT2D eigenvalue weighted by Crippen LogP contribution is 2.25. The zero-order chi connectivity index (χ0) is 13.7. The van der Waals surface area contributed by atoms with Crippen molar-refractivity contribution in [1.29, 1.82) is 0 Å². The SMILES string of the molecule is Cc1cccc(CNc2ccccc2OC(C)C)c1. The first-order chi connectivity index (χ1) is 9.15. The van der Waals surface area contributed by atoms with Gasteiger partial charge in [-0.05, 0) is 38.5 Å². The van der Waals surface area contributed by atoms with Gasteiger partial charge in [-0.1, -0.05) is 42.0 Å². The first-order valence-electron chi connectivity index (χ1n) is 6.70. The molecule has 1 N–H and O–H groups in total. The first-order valence-corrected chi connectivity index (χ1v) is 6.70. The molecule has 2 aromatic carbocycles. The van der Waals surface area contributed by atoms with Gasteiger partial charge >= 0.3 is 0 Å². The number of anilines is 1. The van der Waals surface area contributed by atoms with Crippen molar-refractivity contribution in [3.63, 3.8) is 0 Å². The zero-order valence-corrected chi connectivity index (χ0v) is 11.8. The molecule has 2 rings (SSSR count). The van der Waals surface area contributed by atoms with Gasteiger partial charge in [-0.3, -0.25) is 0 Å². The molecule has 0 aromatic heterocycles. The lowest BCUT2D eigenvalue weighted by molar-refractivity contribution is 0.243. The molecule has 0 unspecified atom stereocenters. The molecular formula is C17H21NO. The molecule has 0 aliphatic rings. The molecule has 2 heteroatoms. The molecule has 19 heavy (non-hydrogen) atoms. The van der Waals surface area contributed by atoms with Crippen LogP contribution in [-0.2, 0) is 6.54 Å². The van der Waals surface area contributed by atoms with Gasteiger partial charge in [0.05, 0.1) is 11.8 Å². The maximum Gasteiger partial charge on any atom is 0.142 e. The van der Waals surface area contributed by atoms with Crippen molar-refractivity contribution >= 4 is 5.69 Å². The van der Waals surface area contributed by atoms with Gasteiger partial charge in [-0.25, -0.2) is 0 Å². The van der Waals surface area contributed by atoms with E-state index in [1.165, 1.54) is 11.1 Å². The van der Waals surface area contributed by atoms with Crippen LogP contribution < -0.4 is 10.1 Å². The molecule has 0 saturated heterocycles. The van der Waals surface area contributed by atoms with Gasteiger partial charge in [0, 0.05) is 6.54 Å². The van der Waals surface area contributed by atoms with E-state index in [9.17, 15) is 0 Å². The van der Waals surface area contributed by atoms with E-state index in [2.05, 4.69) is 36.5 Å². The van der Waals surface area contributed by atoms with Crippen LogP contribution in [0.1, 0.15) is 25.0 Å². The van der Waals surface area contributed by atoms with Gasteiger partial charge in [0.25, 0.3) is 0 Å². The monoisotopic (exact) mass is 255 g/mol. The minimum absolute atomic E-state index is 0.182. The summed E-state index contributed by atoms with van der Waals surface area (Å²) < 4.78 is 5.79. The molecule has 0 spiro atoms. The lowest BCUT2D eigenvalue weighted by Crippen LogP contribution is -2.08. The summed E-state index contributed by atoms with van der Waals surface area (Å²) in [5.74, 6) is 0.908. The molecule has 0 bridgehead atoms. The summed E-state index contributed by atoms with van der Waals surface area (Å²) in [6.07, 6.45) is 0.182. The van der Waals surface area contributed by atoms with E-state index in [0.717, 1.165) is 18.0 Å². The van der Waals surface area contributed by atoms with E-state index in [1.807, 2.05) is 38.1 Å². The minimum atomic E-state index is 0.182. The summed E-state index contributed by atoms with van der Waals surface area (Å²) >= 11 is 0. The molecule has 0 saturated carbocycles. The third kappa shape index (κ3) is 4.02. The Morgan fingerprint density at radius 3 is 2.58 bits per heavy atom. The number of benzene rings is 2. The first kappa shape index (κ1) is 13.5. The second-order valence-corrected chi connectivity index (χ2v) is 5.01. The fourth-order valence-corrected chi connectivity index (χ4v) is 1.99. The largest absolute Gasteiger partial charge is 0.489 e. The summed E-state index contributed by atoms with van der Waals surface area (Å²) in [4.78, 5) is 0. The number of rotatable bonds is 5. The Kier molecular flexibility index (Phi) is 4.45. The highest BCUT2D eigenvalue weighted by molar-refractivity contribution is 5.56. The van der Waals surface area contributed by atoms with Crippen molar-refractivity contribution < 1.29 is 4.74 Å².